The van der Waals surface area contributed by atoms with Gasteiger partial charge in [0.2, 0.25) is 5.91 Å². The standard InChI is InChI=1S/C14H13F6N3OS/c15-13(16,17)12(14(18,19)20,23-11-21-6-7-25-11)22-10(24)8-9-4-2-1-3-5-9/h1-5H,6-8H2,(H,21,23)(H,22,24). The maximum atomic E-state index is 13.4. The summed E-state index contributed by atoms with van der Waals surface area (Å²) in [5.74, 6) is -1.16. The number of alkyl halides is 6. The van der Waals surface area contributed by atoms with Gasteiger partial charge in [0, 0.05) is 5.75 Å². The van der Waals surface area contributed by atoms with Crippen molar-refractivity contribution >= 4 is 22.8 Å². The number of thioether (sulfide) groups is 1. The second kappa shape index (κ2) is 7.14. The summed E-state index contributed by atoms with van der Waals surface area (Å²) in [6, 6.07) is 7.49. The van der Waals surface area contributed by atoms with Crippen molar-refractivity contribution in [3.63, 3.8) is 0 Å². The largest absolute Gasteiger partial charge is 0.439 e. The second-order valence-corrected chi connectivity index (χ2v) is 6.20. The molecule has 0 saturated heterocycles. The van der Waals surface area contributed by atoms with Gasteiger partial charge in [-0.25, -0.2) is 0 Å². The third kappa shape index (κ3) is 4.39. The van der Waals surface area contributed by atoms with Crippen molar-refractivity contribution < 1.29 is 31.1 Å². The number of benzene rings is 1. The number of amides is 1. The van der Waals surface area contributed by atoms with Gasteiger partial charge < -0.3 is 10.6 Å². The molecule has 4 nitrogen and oxygen atoms in total. The lowest BCUT2D eigenvalue weighted by Crippen LogP contribution is -2.76. The van der Waals surface area contributed by atoms with Crippen LogP contribution in [0.3, 0.4) is 0 Å². The molecule has 1 aliphatic rings. The van der Waals surface area contributed by atoms with Crippen LogP contribution in [0, 0.1) is 0 Å². The van der Waals surface area contributed by atoms with Gasteiger partial charge in [0.05, 0.1) is 13.0 Å². The minimum absolute atomic E-state index is 0.0940. The number of nitrogens with zero attached hydrogens (tertiary/aromatic N) is 1. The maximum Gasteiger partial charge on any atom is 0.439 e. The summed E-state index contributed by atoms with van der Waals surface area (Å²) in [5, 5.41) is 1.93. The lowest BCUT2D eigenvalue weighted by molar-refractivity contribution is -0.310. The van der Waals surface area contributed by atoms with Gasteiger partial charge in [-0.05, 0) is 5.56 Å². The van der Waals surface area contributed by atoms with E-state index in [9.17, 15) is 31.1 Å². The summed E-state index contributed by atoms with van der Waals surface area (Å²) < 4.78 is 80.2. The van der Waals surface area contributed by atoms with Gasteiger partial charge in [0.15, 0.2) is 5.17 Å². The zero-order chi connectivity index (χ0) is 18.7. The Morgan fingerprint density at radius 2 is 1.68 bits per heavy atom. The third-order valence-corrected chi connectivity index (χ3v) is 4.16. The van der Waals surface area contributed by atoms with Crippen molar-refractivity contribution in [3.8, 4) is 0 Å². The van der Waals surface area contributed by atoms with Crippen LogP contribution >= 0.6 is 11.8 Å². The Kier molecular flexibility index (Phi) is 5.55. The molecule has 11 heteroatoms. The summed E-state index contributed by atoms with van der Waals surface area (Å²) >= 11 is 0.720. The van der Waals surface area contributed by atoms with E-state index in [4.69, 9.17) is 0 Å². The first-order valence-electron chi connectivity index (χ1n) is 6.99. The van der Waals surface area contributed by atoms with E-state index in [1.165, 1.54) is 29.6 Å². The van der Waals surface area contributed by atoms with E-state index in [-0.39, 0.29) is 17.9 Å². The Labute approximate surface area is 143 Å². The van der Waals surface area contributed by atoms with E-state index >= 15 is 0 Å². The first kappa shape index (κ1) is 19.4. The second-order valence-electron chi connectivity index (χ2n) is 5.12. The van der Waals surface area contributed by atoms with Crippen LogP contribution in [0.1, 0.15) is 5.56 Å². The van der Waals surface area contributed by atoms with E-state index in [1.54, 1.807) is 6.07 Å². The highest BCUT2D eigenvalue weighted by molar-refractivity contribution is 8.14. The van der Waals surface area contributed by atoms with Gasteiger partial charge in [-0.2, -0.15) is 26.3 Å². The van der Waals surface area contributed by atoms with E-state index in [0.29, 0.717) is 0 Å². The first-order valence-corrected chi connectivity index (χ1v) is 7.97. The van der Waals surface area contributed by atoms with Crippen LogP contribution in [0.5, 0.6) is 0 Å². The van der Waals surface area contributed by atoms with Gasteiger partial charge in [-0.15, -0.1) is 0 Å². The van der Waals surface area contributed by atoms with Crippen LogP contribution in [0.25, 0.3) is 0 Å². The number of nitrogens with one attached hydrogen (secondary N) is 2. The Balaban J connectivity index is 2.31. The summed E-state index contributed by atoms with van der Waals surface area (Å²) in [6.07, 6.45) is -12.3. The molecular weight excluding hydrogens is 372 g/mol. The molecule has 0 bridgehead atoms. The Bertz CT molecular complexity index is 630. The monoisotopic (exact) mass is 385 g/mol. The molecule has 1 aromatic carbocycles. The molecule has 0 unspecified atom stereocenters. The molecule has 138 valence electrons. The van der Waals surface area contributed by atoms with Crippen LogP contribution < -0.4 is 10.6 Å². The normalized spacial score (nSPS) is 15.7. The summed E-state index contributed by atoms with van der Waals surface area (Å²) in [6.45, 7) is 0.0940. The fraction of sp³-hybridized carbons (Fsp3) is 0.429. The van der Waals surface area contributed by atoms with E-state index in [1.807, 2.05) is 0 Å². The number of halogens is 6. The molecule has 1 amide bonds. The predicted octanol–water partition coefficient (Wildman–Crippen LogP) is 2.86. The molecule has 1 aromatic rings. The number of rotatable bonds is 4. The Hall–Kier alpha value is -1.91. The number of aliphatic imine (C=N–C) groups is 1. The highest BCUT2D eigenvalue weighted by atomic mass is 32.2. The van der Waals surface area contributed by atoms with Gasteiger partial charge in [-0.3, -0.25) is 9.79 Å². The van der Waals surface area contributed by atoms with Crippen LogP contribution in [-0.4, -0.2) is 41.4 Å². The fourth-order valence-electron chi connectivity index (χ4n) is 2.08. The lowest BCUT2D eigenvalue weighted by atomic mass is 10.1. The molecular formula is C14H13F6N3OS. The Morgan fingerprint density at radius 1 is 1.08 bits per heavy atom. The van der Waals surface area contributed by atoms with Crippen molar-refractivity contribution in [2.75, 3.05) is 12.3 Å². The highest BCUT2D eigenvalue weighted by Gasteiger charge is 2.73. The van der Waals surface area contributed by atoms with Gasteiger partial charge >= 0.3 is 18.0 Å². The maximum absolute atomic E-state index is 13.4. The number of hydrogen-bond acceptors (Lipinski definition) is 4. The SMILES string of the molecule is O=C(Cc1ccccc1)NC(NC1=NCCS1)(C(F)(F)F)C(F)(F)F. The number of amidine groups is 1. The zero-order valence-electron chi connectivity index (χ0n) is 12.5. The fourth-order valence-corrected chi connectivity index (χ4v) is 2.86. The molecule has 1 aliphatic heterocycles. The van der Waals surface area contributed by atoms with Gasteiger partial charge in [-0.1, -0.05) is 42.1 Å². The lowest BCUT2D eigenvalue weighted by Gasteiger charge is -2.38. The molecule has 0 aliphatic carbocycles. The van der Waals surface area contributed by atoms with Crippen molar-refractivity contribution in [2.24, 2.45) is 4.99 Å². The Morgan fingerprint density at radius 3 is 2.16 bits per heavy atom. The molecule has 2 N–H and O–H groups in total. The smallest absolute Gasteiger partial charge is 0.327 e. The van der Waals surface area contributed by atoms with E-state index in [2.05, 4.69) is 4.99 Å². The minimum atomic E-state index is -5.83. The molecule has 2 rings (SSSR count). The molecule has 0 spiro atoms. The summed E-state index contributed by atoms with van der Waals surface area (Å²) in [5.41, 5.74) is -4.33. The average Bonchev–Trinajstić information content (AvgIpc) is 2.98. The summed E-state index contributed by atoms with van der Waals surface area (Å²) in [7, 11) is 0. The molecule has 0 radical (unpaired) electrons. The zero-order valence-corrected chi connectivity index (χ0v) is 13.4. The molecule has 0 saturated carbocycles. The highest BCUT2D eigenvalue weighted by Crippen LogP contribution is 2.42. The van der Waals surface area contributed by atoms with Gasteiger partial charge in [0.1, 0.15) is 0 Å². The van der Waals surface area contributed by atoms with Crippen LogP contribution in [0.4, 0.5) is 26.3 Å². The topological polar surface area (TPSA) is 53.5 Å². The predicted molar refractivity (Wildman–Crippen MR) is 81.0 cm³/mol. The van der Waals surface area contributed by atoms with E-state index < -0.39 is 35.5 Å². The van der Waals surface area contributed by atoms with E-state index in [0.717, 1.165) is 17.1 Å². The third-order valence-electron chi connectivity index (χ3n) is 3.26. The van der Waals surface area contributed by atoms with Crippen molar-refractivity contribution in [2.45, 2.75) is 24.4 Å². The molecule has 25 heavy (non-hydrogen) atoms. The van der Waals surface area contributed by atoms with Crippen molar-refractivity contribution in [1.29, 1.82) is 0 Å². The van der Waals surface area contributed by atoms with Crippen molar-refractivity contribution in [3.05, 3.63) is 35.9 Å². The average molecular weight is 385 g/mol. The molecule has 0 aromatic heterocycles. The van der Waals surface area contributed by atoms with Crippen molar-refractivity contribution in [1.82, 2.24) is 10.6 Å². The summed E-state index contributed by atoms with van der Waals surface area (Å²) in [4.78, 5) is 15.5. The van der Waals surface area contributed by atoms with Crippen LogP contribution in [0.15, 0.2) is 35.3 Å². The van der Waals surface area contributed by atoms with Crippen LogP contribution in [-0.2, 0) is 11.2 Å². The quantitative estimate of drug-likeness (QED) is 0.619. The number of carbonyl (C=O) groups is 1. The first-order chi connectivity index (χ1) is 11.6. The molecule has 0 atom stereocenters. The van der Waals surface area contributed by atoms with Crippen LogP contribution in [0.2, 0.25) is 0 Å². The number of carbonyl (C=O) groups excluding carboxylic acids is 1. The number of hydrogen-bond donors (Lipinski definition) is 2. The molecule has 1 heterocycles. The molecule has 0 fully saturated rings. The van der Waals surface area contributed by atoms with Gasteiger partial charge in [0.25, 0.3) is 0 Å². The minimum Gasteiger partial charge on any atom is -0.327 e.